The third-order valence-electron chi connectivity index (χ3n) is 5.56. The van der Waals surface area contributed by atoms with Crippen molar-refractivity contribution in [3.63, 3.8) is 0 Å². The van der Waals surface area contributed by atoms with Crippen molar-refractivity contribution in [1.82, 2.24) is 25.1 Å². The van der Waals surface area contributed by atoms with Gasteiger partial charge in [0.15, 0.2) is 5.16 Å². The number of halogens is 1. The SMILES string of the molecule is CSc1nnc(CCCNC(=O)c2sc(-c3ccc(Cl)cc3)nc2C)n1C1CCCC1. The van der Waals surface area contributed by atoms with E-state index in [0.29, 0.717) is 22.5 Å². The molecule has 0 spiro atoms. The summed E-state index contributed by atoms with van der Waals surface area (Å²) in [6.45, 7) is 2.47. The zero-order valence-electron chi connectivity index (χ0n) is 17.7. The predicted octanol–water partition coefficient (Wildman–Crippen LogP) is 5.56. The van der Waals surface area contributed by atoms with Crippen LogP contribution >= 0.6 is 34.7 Å². The van der Waals surface area contributed by atoms with Gasteiger partial charge >= 0.3 is 0 Å². The number of nitrogens with zero attached hydrogens (tertiary/aromatic N) is 4. The van der Waals surface area contributed by atoms with Crippen molar-refractivity contribution in [1.29, 1.82) is 0 Å². The Bertz CT molecular complexity index is 1040. The first-order valence-electron chi connectivity index (χ1n) is 10.6. The summed E-state index contributed by atoms with van der Waals surface area (Å²) in [6.07, 6.45) is 8.65. The monoisotopic (exact) mass is 475 g/mol. The first kappa shape index (κ1) is 22.3. The summed E-state index contributed by atoms with van der Waals surface area (Å²) in [5.74, 6) is 0.960. The van der Waals surface area contributed by atoms with Crippen molar-refractivity contribution in [3.05, 3.63) is 45.7 Å². The highest BCUT2D eigenvalue weighted by atomic mass is 35.5. The van der Waals surface area contributed by atoms with Gasteiger partial charge in [0.25, 0.3) is 5.91 Å². The van der Waals surface area contributed by atoms with Crippen molar-refractivity contribution in [2.75, 3.05) is 12.8 Å². The molecule has 0 radical (unpaired) electrons. The normalized spacial score (nSPS) is 14.3. The van der Waals surface area contributed by atoms with Crippen LogP contribution in [0, 0.1) is 6.92 Å². The van der Waals surface area contributed by atoms with E-state index in [0.717, 1.165) is 40.1 Å². The van der Waals surface area contributed by atoms with E-state index in [1.54, 1.807) is 11.8 Å². The molecule has 3 aromatic rings. The van der Waals surface area contributed by atoms with Crippen molar-refractivity contribution >= 4 is 40.6 Å². The molecular weight excluding hydrogens is 450 g/mol. The molecule has 0 unspecified atom stereocenters. The molecule has 31 heavy (non-hydrogen) atoms. The molecule has 1 fully saturated rings. The van der Waals surface area contributed by atoms with Crippen LogP contribution < -0.4 is 5.32 Å². The second-order valence-electron chi connectivity index (χ2n) is 7.71. The fourth-order valence-corrected chi connectivity index (χ4v) is 5.69. The molecule has 0 saturated heterocycles. The van der Waals surface area contributed by atoms with Crippen LogP contribution in [0.5, 0.6) is 0 Å². The summed E-state index contributed by atoms with van der Waals surface area (Å²) in [5, 5.41) is 14.3. The number of nitrogens with one attached hydrogen (secondary N) is 1. The maximum atomic E-state index is 12.7. The Kier molecular flexibility index (Phi) is 7.30. The number of hydrogen-bond acceptors (Lipinski definition) is 6. The Morgan fingerprint density at radius 2 is 2.00 bits per heavy atom. The highest BCUT2D eigenvalue weighted by Crippen LogP contribution is 2.33. The third kappa shape index (κ3) is 5.13. The topological polar surface area (TPSA) is 72.7 Å². The van der Waals surface area contributed by atoms with Crippen molar-refractivity contribution < 1.29 is 4.79 Å². The molecule has 0 aliphatic heterocycles. The van der Waals surface area contributed by atoms with Crippen LogP contribution in [0.4, 0.5) is 0 Å². The molecule has 1 aliphatic rings. The number of carbonyl (C=O) groups is 1. The summed E-state index contributed by atoms with van der Waals surface area (Å²) >= 11 is 9.03. The van der Waals surface area contributed by atoms with Gasteiger partial charge in [0.2, 0.25) is 0 Å². The number of aromatic nitrogens is 4. The lowest BCUT2D eigenvalue weighted by atomic mass is 10.2. The zero-order chi connectivity index (χ0) is 21.8. The number of rotatable bonds is 8. The molecule has 164 valence electrons. The Morgan fingerprint density at radius 1 is 1.26 bits per heavy atom. The maximum absolute atomic E-state index is 12.7. The van der Waals surface area contributed by atoms with E-state index in [2.05, 4.69) is 31.3 Å². The minimum absolute atomic E-state index is 0.0720. The second-order valence-corrected chi connectivity index (χ2v) is 9.92. The number of amides is 1. The van der Waals surface area contributed by atoms with Crippen LogP contribution in [0.1, 0.15) is 59.3 Å². The lowest BCUT2D eigenvalue weighted by molar-refractivity contribution is 0.0956. The lowest BCUT2D eigenvalue weighted by Gasteiger charge is -2.16. The zero-order valence-corrected chi connectivity index (χ0v) is 20.1. The van der Waals surface area contributed by atoms with Gasteiger partial charge in [-0.05, 0) is 44.6 Å². The molecule has 0 atom stereocenters. The van der Waals surface area contributed by atoms with E-state index in [4.69, 9.17) is 11.6 Å². The number of thiazole rings is 1. The highest BCUT2D eigenvalue weighted by molar-refractivity contribution is 7.98. The van der Waals surface area contributed by atoms with E-state index >= 15 is 0 Å². The predicted molar refractivity (Wildman–Crippen MR) is 127 cm³/mol. The fraction of sp³-hybridized carbons (Fsp3) is 0.455. The van der Waals surface area contributed by atoms with Gasteiger partial charge in [0.05, 0.1) is 5.69 Å². The highest BCUT2D eigenvalue weighted by Gasteiger charge is 2.23. The first-order valence-corrected chi connectivity index (χ1v) is 13.0. The van der Waals surface area contributed by atoms with Crippen LogP contribution in [-0.2, 0) is 6.42 Å². The van der Waals surface area contributed by atoms with Crippen LogP contribution in [0.15, 0.2) is 29.4 Å². The lowest BCUT2D eigenvalue weighted by Crippen LogP contribution is -2.25. The summed E-state index contributed by atoms with van der Waals surface area (Å²) < 4.78 is 2.32. The van der Waals surface area contributed by atoms with E-state index < -0.39 is 0 Å². The van der Waals surface area contributed by atoms with Crippen molar-refractivity contribution in [2.24, 2.45) is 0 Å². The molecule has 4 rings (SSSR count). The fourth-order valence-electron chi connectivity index (χ4n) is 4.00. The van der Waals surface area contributed by atoms with Gasteiger partial charge < -0.3 is 9.88 Å². The Hall–Kier alpha value is -1.90. The number of hydrogen-bond donors (Lipinski definition) is 1. The largest absolute Gasteiger partial charge is 0.351 e. The average molecular weight is 476 g/mol. The molecule has 1 N–H and O–H groups in total. The van der Waals surface area contributed by atoms with Crippen molar-refractivity contribution in [3.8, 4) is 10.6 Å². The minimum Gasteiger partial charge on any atom is -0.351 e. The molecule has 1 saturated carbocycles. The molecular formula is C22H26ClN5OS2. The Balaban J connectivity index is 1.34. The van der Waals surface area contributed by atoms with Gasteiger partial charge in [-0.15, -0.1) is 21.5 Å². The van der Waals surface area contributed by atoms with E-state index in [9.17, 15) is 4.79 Å². The summed E-state index contributed by atoms with van der Waals surface area (Å²) in [6, 6.07) is 8.03. The van der Waals surface area contributed by atoms with E-state index in [-0.39, 0.29) is 5.91 Å². The van der Waals surface area contributed by atoms with Gasteiger partial charge in [-0.3, -0.25) is 4.79 Å². The van der Waals surface area contributed by atoms with Crippen LogP contribution in [-0.4, -0.2) is 38.5 Å². The molecule has 2 heterocycles. The van der Waals surface area contributed by atoms with Crippen LogP contribution in [0.2, 0.25) is 5.02 Å². The number of carbonyl (C=O) groups excluding carboxylic acids is 1. The molecule has 2 aromatic heterocycles. The van der Waals surface area contributed by atoms with Crippen molar-refractivity contribution in [2.45, 2.75) is 56.6 Å². The molecule has 1 aromatic carbocycles. The minimum atomic E-state index is -0.0720. The van der Waals surface area contributed by atoms with Crippen LogP contribution in [0.25, 0.3) is 10.6 Å². The smallest absolute Gasteiger partial charge is 0.263 e. The summed E-state index contributed by atoms with van der Waals surface area (Å²) in [7, 11) is 0. The first-order chi connectivity index (χ1) is 15.1. The van der Waals surface area contributed by atoms with Gasteiger partial charge in [-0.25, -0.2) is 4.98 Å². The van der Waals surface area contributed by atoms with Gasteiger partial charge in [-0.2, -0.15) is 0 Å². The quantitative estimate of drug-likeness (QED) is 0.341. The van der Waals surface area contributed by atoms with Crippen LogP contribution in [0.3, 0.4) is 0 Å². The summed E-state index contributed by atoms with van der Waals surface area (Å²) in [5.41, 5.74) is 1.71. The molecule has 9 heteroatoms. The number of benzene rings is 1. The van der Waals surface area contributed by atoms with Gasteiger partial charge in [-0.1, -0.05) is 48.3 Å². The molecule has 0 bridgehead atoms. The van der Waals surface area contributed by atoms with Gasteiger partial charge in [0.1, 0.15) is 15.7 Å². The maximum Gasteiger partial charge on any atom is 0.263 e. The molecule has 1 aliphatic carbocycles. The number of thioether (sulfide) groups is 1. The third-order valence-corrected chi connectivity index (χ3v) is 7.67. The Morgan fingerprint density at radius 3 is 2.71 bits per heavy atom. The van der Waals surface area contributed by atoms with E-state index in [1.807, 2.05) is 31.2 Å². The standard InChI is InChI=1S/C22H26ClN5OS2/c1-14-19(31-21(25-14)15-9-11-16(23)12-10-15)20(29)24-13-5-8-18-26-27-22(30-2)28(18)17-6-3-4-7-17/h9-12,17H,3-8,13H2,1-2H3,(H,24,29). The van der Waals surface area contributed by atoms with E-state index in [1.165, 1.54) is 37.0 Å². The molecule has 1 amide bonds. The number of aryl methyl sites for hydroxylation is 2. The summed E-state index contributed by atoms with van der Waals surface area (Å²) in [4.78, 5) is 17.9. The Labute approximate surface area is 195 Å². The second kappa shape index (κ2) is 10.1. The van der Waals surface area contributed by atoms with Gasteiger partial charge in [0, 0.05) is 29.6 Å². The molecule has 6 nitrogen and oxygen atoms in total. The average Bonchev–Trinajstić information content (AvgIpc) is 3.51.